The van der Waals surface area contributed by atoms with E-state index in [2.05, 4.69) is 10.6 Å². The molecule has 0 spiro atoms. The van der Waals surface area contributed by atoms with E-state index in [0.29, 0.717) is 12.8 Å². The number of amides is 2. The number of ether oxygens (including phenoxy) is 7. The van der Waals surface area contributed by atoms with Gasteiger partial charge in [0.1, 0.15) is 48.7 Å². The molecule has 2 fully saturated rings. The van der Waals surface area contributed by atoms with Gasteiger partial charge in [-0.05, 0) is 43.4 Å². The number of rotatable bonds is 28. The minimum Gasteiger partial charge on any atom is -0.462 e. The van der Waals surface area contributed by atoms with Gasteiger partial charge in [-0.3, -0.25) is 33.3 Å². The molecule has 394 valence electrons. The highest BCUT2D eigenvalue weighted by Crippen LogP contribution is 2.42. The van der Waals surface area contributed by atoms with Crippen molar-refractivity contribution < 1.29 is 106 Å². The molecule has 68 heavy (non-hydrogen) atoms. The molecule has 0 aromatic carbocycles. The maximum Gasteiger partial charge on any atom is 0.470 e. The van der Waals surface area contributed by atoms with Gasteiger partial charge in [-0.2, -0.15) is 0 Å². The molecule has 0 bridgehead atoms. The number of carbonyl (C=O) groups is 6. The van der Waals surface area contributed by atoms with Crippen LogP contribution < -0.4 is 10.6 Å². The van der Waals surface area contributed by atoms with Crippen LogP contribution in [0.25, 0.3) is 0 Å². The summed E-state index contributed by atoms with van der Waals surface area (Å²) in [5.41, 5.74) is 0. The minimum absolute atomic E-state index is 0.0197. The number of hydrogen-bond acceptors (Lipinski definition) is 20. The average molecular weight is 1000 g/mol. The molecule has 2 rings (SSSR count). The summed E-state index contributed by atoms with van der Waals surface area (Å²) in [4.78, 5) is 98.1. The number of esters is 4. The summed E-state index contributed by atoms with van der Waals surface area (Å²) in [6, 6.07) is -3.42. The van der Waals surface area contributed by atoms with Crippen LogP contribution in [-0.2, 0) is 71.0 Å². The molecular weight excluding hydrogens is 927 g/mol. The molecule has 2 aliphatic heterocycles. The first-order valence-electron chi connectivity index (χ1n) is 23.0. The third kappa shape index (κ3) is 21.3. The Balaban J connectivity index is 2.64. The molecule has 2 amide bonds. The Kier molecular flexibility index (Phi) is 26.0. The van der Waals surface area contributed by atoms with Crippen molar-refractivity contribution in [3.63, 3.8) is 0 Å². The molecule has 2 saturated heterocycles. The Morgan fingerprint density at radius 1 is 0.706 bits per heavy atom. The van der Waals surface area contributed by atoms with Gasteiger partial charge in [0.05, 0.1) is 32.5 Å². The molecule has 9 N–H and O–H groups in total. The predicted molar refractivity (Wildman–Crippen MR) is 234 cm³/mol. The van der Waals surface area contributed by atoms with E-state index in [1.807, 2.05) is 27.7 Å². The van der Waals surface area contributed by atoms with Crippen LogP contribution >= 0.6 is 7.82 Å². The summed E-state index contributed by atoms with van der Waals surface area (Å²) in [6.07, 6.45) is -19.9. The lowest BCUT2D eigenvalue weighted by Crippen LogP contribution is -2.68. The highest BCUT2D eigenvalue weighted by atomic mass is 31.2. The Hall–Kier alpha value is -3.39. The van der Waals surface area contributed by atoms with Crippen molar-refractivity contribution in [1.29, 1.82) is 0 Å². The second kappa shape index (κ2) is 29.1. The fraction of sp³-hybridized carbons (Fsp3) is 0.860. The van der Waals surface area contributed by atoms with Crippen molar-refractivity contribution in [2.75, 3.05) is 13.2 Å². The molecule has 0 aromatic heterocycles. The fourth-order valence-corrected chi connectivity index (χ4v) is 8.10. The molecule has 0 aromatic rings. The number of nitrogens with one attached hydrogen (secondary N) is 2. The van der Waals surface area contributed by atoms with E-state index in [1.165, 1.54) is 6.92 Å². The molecule has 12 unspecified atom stereocenters. The van der Waals surface area contributed by atoms with Crippen LogP contribution in [0.15, 0.2) is 0 Å². The van der Waals surface area contributed by atoms with Crippen LogP contribution in [0.5, 0.6) is 0 Å². The van der Waals surface area contributed by atoms with E-state index in [0.717, 1.165) is 6.42 Å². The number of aliphatic hydroxyl groups excluding tert-OH is 4. The Morgan fingerprint density at radius 3 is 1.88 bits per heavy atom. The van der Waals surface area contributed by atoms with Crippen LogP contribution in [0.3, 0.4) is 0 Å². The maximum atomic E-state index is 14.1. The lowest BCUT2D eigenvalue weighted by Gasteiger charge is -2.46. The van der Waals surface area contributed by atoms with Crippen molar-refractivity contribution in [2.45, 2.75) is 200 Å². The van der Waals surface area contributed by atoms with Crippen LogP contribution in [0.2, 0.25) is 0 Å². The van der Waals surface area contributed by atoms with Crippen molar-refractivity contribution in [1.82, 2.24) is 10.6 Å². The first-order chi connectivity index (χ1) is 31.7. The van der Waals surface area contributed by atoms with Crippen molar-refractivity contribution in [3.8, 4) is 0 Å². The zero-order valence-corrected chi connectivity index (χ0v) is 41.2. The number of hydrogen-bond donors (Lipinski definition) is 9. The smallest absolute Gasteiger partial charge is 0.462 e. The summed E-state index contributed by atoms with van der Waals surface area (Å²) in [6.45, 7) is 14.0. The lowest BCUT2D eigenvalue weighted by atomic mass is 9.91. The van der Waals surface area contributed by atoms with Gasteiger partial charge >= 0.3 is 31.7 Å². The van der Waals surface area contributed by atoms with Crippen LogP contribution in [0.4, 0.5) is 0 Å². The predicted octanol–water partition coefficient (Wildman–Crippen LogP) is 0.359. The minimum atomic E-state index is -5.53. The van der Waals surface area contributed by atoms with E-state index in [9.17, 15) is 68.7 Å². The van der Waals surface area contributed by atoms with E-state index in [-0.39, 0.29) is 42.9 Å². The number of carbonyl (C=O) groups excluding carboxylic acids is 6. The second-order valence-corrected chi connectivity index (χ2v) is 19.5. The fourth-order valence-electron chi connectivity index (χ4n) is 7.53. The van der Waals surface area contributed by atoms with Crippen molar-refractivity contribution in [3.05, 3.63) is 0 Å². The van der Waals surface area contributed by atoms with Gasteiger partial charge in [0.25, 0.3) is 0 Å². The van der Waals surface area contributed by atoms with Gasteiger partial charge < -0.3 is 79.1 Å². The summed E-state index contributed by atoms with van der Waals surface area (Å²) in [5.74, 6) is -5.33. The third-order valence-electron chi connectivity index (χ3n) is 11.1. The summed E-state index contributed by atoms with van der Waals surface area (Å²) < 4.78 is 56.9. The topological polar surface area (TPSA) is 359 Å². The Morgan fingerprint density at radius 2 is 1.32 bits per heavy atom. The normalized spacial score (nSPS) is 27.2. The van der Waals surface area contributed by atoms with Crippen molar-refractivity contribution >= 4 is 43.5 Å². The van der Waals surface area contributed by atoms with Gasteiger partial charge in [0.15, 0.2) is 31.1 Å². The molecule has 2 aliphatic rings. The maximum absolute atomic E-state index is 14.1. The summed E-state index contributed by atoms with van der Waals surface area (Å²) in [5, 5.41) is 57.1. The highest BCUT2D eigenvalue weighted by molar-refractivity contribution is 7.46. The second-order valence-electron chi connectivity index (χ2n) is 18.3. The third-order valence-corrected chi connectivity index (χ3v) is 11.6. The molecule has 24 nitrogen and oxygen atoms in total. The van der Waals surface area contributed by atoms with Crippen LogP contribution in [0, 0.1) is 23.7 Å². The molecule has 0 saturated carbocycles. The zero-order valence-electron chi connectivity index (χ0n) is 40.3. The molecule has 0 aliphatic carbocycles. The monoisotopic (exact) mass is 1000 g/mol. The first kappa shape index (κ1) is 60.7. The van der Waals surface area contributed by atoms with Gasteiger partial charge in [0.2, 0.25) is 11.8 Å². The quantitative estimate of drug-likeness (QED) is 0.0221. The molecular formula is C43H75N2O22P. The Labute approximate surface area is 396 Å². The summed E-state index contributed by atoms with van der Waals surface area (Å²) >= 11 is 0. The summed E-state index contributed by atoms with van der Waals surface area (Å²) in [7, 11) is -5.53. The van der Waals surface area contributed by atoms with Crippen molar-refractivity contribution in [2.24, 2.45) is 23.7 Å². The van der Waals surface area contributed by atoms with Gasteiger partial charge in [-0.1, -0.05) is 61.8 Å². The molecule has 25 heteroatoms. The average Bonchev–Trinajstić information content (AvgIpc) is 3.21. The van der Waals surface area contributed by atoms with Crippen LogP contribution in [-0.4, -0.2) is 164 Å². The highest BCUT2D eigenvalue weighted by Gasteiger charge is 2.54. The van der Waals surface area contributed by atoms with E-state index >= 15 is 0 Å². The molecule has 2 heterocycles. The molecule has 0 radical (unpaired) electrons. The Bertz CT molecular complexity index is 1660. The van der Waals surface area contributed by atoms with Gasteiger partial charge in [-0.15, -0.1) is 0 Å². The van der Waals surface area contributed by atoms with E-state index in [1.54, 1.807) is 27.7 Å². The standard InChI is InChI=1S/C43H75N2O22P/c1-10-23(7)12-13-29(47)44-36-40(65-35(54)18-31(49)50)38(55)28(63-42(36)56)20-60-43-37(45-30(48)17-26(62-32(51)11-2)24(8)14-21(3)4)41(39(27(19-46)64-43)67-68(57,58)59)66-34(53)16-25(9)61-33(52)15-22(5)6/h21-28,31,36-43,46,49-50,55-56H,10-20H2,1-9H3,(H,44,47)(H,45,48)(H2,57,58,59)/t23?,24?,25-,26+,27?,28?,36?,37?,38?,39?,40?,41?,42?,43?/m1/s1. The van der Waals surface area contributed by atoms with E-state index in [4.69, 9.17) is 37.7 Å². The first-order valence-corrected chi connectivity index (χ1v) is 24.6. The largest absolute Gasteiger partial charge is 0.470 e. The van der Waals surface area contributed by atoms with Gasteiger partial charge in [-0.25, -0.2) is 4.57 Å². The van der Waals surface area contributed by atoms with E-state index < -0.39 is 156 Å². The van der Waals surface area contributed by atoms with Crippen LogP contribution in [0.1, 0.15) is 120 Å². The van der Waals surface area contributed by atoms with Gasteiger partial charge in [0, 0.05) is 19.3 Å². The lowest BCUT2D eigenvalue weighted by molar-refractivity contribution is -0.299. The number of aliphatic hydroxyl groups is 5. The zero-order chi connectivity index (χ0) is 51.6. The SMILES string of the molecule is CCC(=O)O[C@@H](CC(=O)NC1C(OCC2OC(O)C(NC(=O)CCC(C)CC)C(OC(=O)CC(O)O)C2O)OC(CO)C(OP(=O)(O)O)C1OC(=O)C[C@@H](C)OC(=O)CC(C)C)C(C)CC(C)C. The number of phosphoric acid groups is 1. The number of phosphoric ester groups is 1. The molecule has 14 atom stereocenters.